The number of halogens is 1. The minimum Gasteiger partial charge on any atom is -0.347 e. The van der Waals surface area contributed by atoms with Crippen LogP contribution in [0.25, 0.3) is 0 Å². The van der Waals surface area contributed by atoms with Crippen LogP contribution in [-0.2, 0) is 10.3 Å². The van der Waals surface area contributed by atoms with Crippen LogP contribution in [0.2, 0.25) is 5.02 Å². The number of carbonyl (C=O) groups is 1. The molecule has 1 N–H and O–H groups in total. The van der Waals surface area contributed by atoms with Gasteiger partial charge in [0.25, 0.3) is 0 Å². The summed E-state index contributed by atoms with van der Waals surface area (Å²) in [5, 5.41) is 3.82. The van der Waals surface area contributed by atoms with E-state index in [1.807, 2.05) is 38.1 Å². The average molecular weight is 338 g/mol. The Balaban J connectivity index is 1.80. The minimum absolute atomic E-state index is 0.0906. The van der Waals surface area contributed by atoms with Crippen LogP contribution in [0.4, 0.5) is 0 Å². The average Bonchev–Trinajstić information content (AvgIpc) is 2.53. The number of carbonyl (C=O) groups excluding carboxylic acids is 1. The Hall–Kier alpha value is -1.10. The van der Waals surface area contributed by atoms with Gasteiger partial charge in [0.05, 0.1) is 5.54 Å². The summed E-state index contributed by atoms with van der Waals surface area (Å²) in [4.78, 5) is 17.1. The summed E-state index contributed by atoms with van der Waals surface area (Å²) >= 11 is 6.05. The van der Waals surface area contributed by atoms with Crippen molar-refractivity contribution in [2.24, 2.45) is 0 Å². The molecule has 1 aromatic rings. The van der Waals surface area contributed by atoms with Crippen molar-refractivity contribution >= 4 is 17.5 Å². The van der Waals surface area contributed by atoms with E-state index < -0.39 is 5.54 Å². The molecule has 4 nitrogen and oxygen atoms in total. The number of nitrogens with zero attached hydrogens (tertiary/aromatic N) is 2. The second-order valence-electron chi connectivity index (χ2n) is 6.71. The maximum absolute atomic E-state index is 12.3. The van der Waals surface area contributed by atoms with Crippen LogP contribution in [-0.4, -0.2) is 55.0 Å². The van der Waals surface area contributed by atoms with Gasteiger partial charge in [-0.25, -0.2) is 0 Å². The van der Waals surface area contributed by atoms with E-state index in [1.165, 1.54) is 0 Å². The van der Waals surface area contributed by atoms with E-state index >= 15 is 0 Å². The molecule has 0 spiro atoms. The topological polar surface area (TPSA) is 35.6 Å². The van der Waals surface area contributed by atoms with Gasteiger partial charge in [0, 0.05) is 44.2 Å². The van der Waals surface area contributed by atoms with Gasteiger partial charge in [0.15, 0.2) is 0 Å². The lowest BCUT2D eigenvalue weighted by atomic mass is 9.94. The zero-order chi connectivity index (χ0) is 16.9. The number of likely N-dealkylation sites (N-methyl/N-ethyl adjacent to an activating group) is 1. The van der Waals surface area contributed by atoms with Crippen molar-refractivity contribution in [3.05, 3.63) is 34.9 Å². The Morgan fingerprint density at radius 3 is 2.48 bits per heavy atom. The van der Waals surface area contributed by atoms with E-state index in [0.717, 1.165) is 44.8 Å². The van der Waals surface area contributed by atoms with Gasteiger partial charge in [-0.15, -0.1) is 0 Å². The first-order valence-corrected chi connectivity index (χ1v) is 8.80. The summed E-state index contributed by atoms with van der Waals surface area (Å²) in [6.45, 7) is 12.5. The Morgan fingerprint density at radius 2 is 1.87 bits per heavy atom. The van der Waals surface area contributed by atoms with Crippen molar-refractivity contribution in [3.8, 4) is 0 Å². The van der Waals surface area contributed by atoms with Gasteiger partial charge >= 0.3 is 0 Å². The van der Waals surface area contributed by atoms with Crippen molar-refractivity contribution < 1.29 is 4.79 Å². The molecule has 1 heterocycles. The number of piperazine rings is 1. The molecule has 0 atom stereocenters. The highest BCUT2D eigenvalue weighted by Gasteiger charge is 2.23. The number of benzene rings is 1. The summed E-state index contributed by atoms with van der Waals surface area (Å²) < 4.78 is 0. The van der Waals surface area contributed by atoms with E-state index in [9.17, 15) is 4.79 Å². The van der Waals surface area contributed by atoms with Gasteiger partial charge in [-0.3, -0.25) is 4.79 Å². The van der Waals surface area contributed by atoms with Crippen LogP contribution in [0, 0.1) is 0 Å². The summed E-state index contributed by atoms with van der Waals surface area (Å²) in [7, 11) is 0. The summed E-state index contributed by atoms with van der Waals surface area (Å²) in [6.07, 6.45) is 0.538. The lowest BCUT2D eigenvalue weighted by molar-refractivity contribution is -0.123. The predicted molar refractivity (Wildman–Crippen MR) is 95.8 cm³/mol. The summed E-state index contributed by atoms with van der Waals surface area (Å²) in [5.41, 5.74) is 0.609. The minimum atomic E-state index is -0.414. The van der Waals surface area contributed by atoms with Gasteiger partial charge in [-0.1, -0.05) is 30.7 Å². The van der Waals surface area contributed by atoms with E-state index in [4.69, 9.17) is 11.6 Å². The van der Waals surface area contributed by atoms with Crippen molar-refractivity contribution in [2.45, 2.75) is 32.7 Å². The molecule has 1 aliphatic rings. The quantitative estimate of drug-likeness (QED) is 0.867. The van der Waals surface area contributed by atoms with Crippen LogP contribution in [0.15, 0.2) is 24.3 Å². The van der Waals surface area contributed by atoms with Gasteiger partial charge in [0.1, 0.15) is 0 Å². The van der Waals surface area contributed by atoms with Gasteiger partial charge in [-0.05, 0) is 38.1 Å². The first-order chi connectivity index (χ1) is 10.9. The third kappa shape index (κ3) is 5.48. The first-order valence-electron chi connectivity index (χ1n) is 8.42. The molecule has 0 aromatic heterocycles. The predicted octanol–water partition coefficient (Wildman–Crippen LogP) is 2.72. The molecule has 1 aliphatic heterocycles. The molecule has 1 fully saturated rings. The number of amides is 1. The van der Waals surface area contributed by atoms with Crippen LogP contribution in [0.5, 0.6) is 0 Å². The second-order valence-corrected chi connectivity index (χ2v) is 7.15. The van der Waals surface area contributed by atoms with Gasteiger partial charge in [0.2, 0.25) is 5.91 Å². The summed E-state index contributed by atoms with van der Waals surface area (Å²) in [5.74, 6) is 0.0906. The van der Waals surface area contributed by atoms with Crippen LogP contribution in [0.1, 0.15) is 32.8 Å². The molecule has 5 heteroatoms. The second kappa shape index (κ2) is 8.13. The first kappa shape index (κ1) is 18.2. The lowest BCUT2D eigenvalue weighted by Gasteiger charge is -2.34. The fourth-order valence-electron chi connectivity index (χ4n) is 2.95. The molecular weight excluding hydrogens is 310 g/mol. The van der Waals surface area contributed by atoms with Gasteiger partial charge in [-0.2, -0.15) is 0 Å². The molecule has 0 saturated carbocycles. The molecule has 2 rings (SSSR count). The zero-order valence-electron chi connectivity index (χ0n) is 14.4. The number of hydrogen-bond acceptors (Lipinski definition) is 3. The molecule has 23 heavy (non-hydrogen) atoms. The number of rotatable bonds is 6. The highest BCUT2D eigenvalue weighted by atomic mass is 35.5. The van der Waals surface area contributed by atoms with E-state index in [-0.39, 0.29) is 5.91 Å². The van der Waals surface area contributed by atoms with Crippen molar-refractivity contribution in [2.75, 3.05) is 39.3 Å². The van der Waals surface area contributed by atoms with Crippen LogP contribution >= 0.6 is 11.6 Å². The lowest BCUT2D eigenvalue weighted by Crippen LogP contribution is -2.47. The van der Waals surface area contributed by atoms with Crippen molar-refractivity contribution in [1.29, 1.82) is 0 Å². The SMILES string of the molecule is CCN1CCN(CCC(=O)NC(C)(C)c2cccc(Cl)c2)CC1. The molecule has 1 amide bonds. The number of hydrogen-bond donors (Lipinski definition) is 1. The third-order valence-electron chi connectivity index (χ3n) is 4.57. The summed E-state index contributed by atoms with van der Waals surface area (Å²) in [6, 6.07) is 7.67. The highest BCUT2D eigenvalue weighted by Crippen LogP contribution is 2.23. The van der Waals surface area contributed by atoms with Crippen LogP contribution < -0.4 is 5.32 Å². The molecule has 1 saturated heterocycles. The molecule has 0 radical (unpaired) electrons. The molecule has 0 unspecified atom stereocenters. The Kier molecular flexibility index (Phi) is 6.45. The van der Waals surface area contributed by atoms with Crippen LogP contribution in [0.3, 0.4) is 0 Å². The maximum Gasteiger partial charge on any atom is 0.221 e. The standard InChI is InChI=1S/C18H28ClN3O/c1-4-21-10-12-22(13-11-21)9-8-17(23)20-18(2,3)15-6-5-7-16(19)14-15/h5-7,14H,4,8-13H2,1-3H3,(H,20,23). The maximum atomic E-state index is 12.3. The van der Waals surface area contributed by atoms with E-state index in [1.54, 1.807) is 0 Å². The van der Waals surface area contributed by atoms with Crippen molar-refractivity contribution in [1.82, 2.24) is 15.1 Å². The van der Waals surface area contributed by atoms with Crippen molar-refractivity contribution in [3.63, 3.8) is 0 Å². The Morgan fingerprint density at radius 1 is 1.22 bits per heavy atom. The Labute approximate surface area is 144 Å². The third-order valence-corrected chi connectivity index (χ3v) is 4.80. The molecule has 128 valence electrons. The largest absolute Gasteiger partial charge is 0.347 e. The van der Waals surface area contributed by atoms with E-state index in [0.29, 0.717) is 11.4 Å². The highest BCUT2D eigenvalue weighted by molar-refractivity contribution is 6.30. The monoisotopic (exact) mass is 337 g/mol. The Bertz CT molecular complexity index is 525. The molecule has 0 bridgehead atoms. The molecule has 1 aromatic carbocycles. The number of nitrogens with one attached hydrogen (secondary N) is 1. The zero-order valence-corrected chi connectivity index (χ0v) is 15.2. The molecule has 0 aliphatic carbocycles. The van der Waals surface area contributed by atoms with E-state index in [2.05, 4.69) is 22.0 Å². The smallest absolute Gasteiger partial charge is 0.221 e. The van der Waals surface area contributed by atoms with Gasteiger partial charge < -0.3 is 15.1 Å². The normalized spacial score (nSPS) is 17.2. The fourth-order valence-corrected chi connectivity index (χ4v) is 3.14. The molecular formula is C18H28ClN3O. The fraction of sp³-hybridized carbons (Fsp3) is 0.611.